The lowest BCUT2D eigenvalue weighted by atomic mass is 10.2. The van der Waals surface area contributed by atoms with Crippen molar-refractivity contribution in [3.8, 4) is 11.8 Å². The minimum absolute atomic E-state index is 0.0702. The Hall–Kier alpha value is -3.26. The van der Waals surface area contributed by atoms with E-state index in [4.69, 9.17) is 14.6 Å². The standard InChI is InChI=1S/C12H14N6O7S/c1-18-8(7(11(20)21)10(17-18)26(13,22)23)9(19)16-12-14-5(24-2)4-6(15-12)25-3/h4H,1-3H3,(H,20,21)(H2,13,22,23)(H,14,15,16,19). The minimum Gasteiger partial charge on any atom is -0.481 e. The largest absolute Gasteiger partial charge is 0.481 e. The number of ether oxygens (including phenoxy) is 2. The van der Waals surface area contributed by atoms with Gasteiger partial charge in [-0.3, -0.25) is 14.8 Å². The number of methoxy groups -OCH3 is 2. The fraction of sp³-hybridized carbons (Fsp3) is 0.250. The number of aryl methyl sites for hydroxylation is 1. The first-order valence-corrected chi connectivity index (χ1v) is 8.24. The number of amides is 1. The molecule has 2 aromatic rings. The molecule has 0 aliphatic carbocycles. The minimum atomic E-state index is -4.47. The third-order valence-electron chi connectivity index (χ3n) is 3.04. The van der Waals surface area contributed by atoms with E-state index >= 15 is 0 Å². The summed E-state index contributed by atoms with van der Waals surface area (Å²) in [7, 11) is -0.631. The molecule has 0 aliphatic rings. The van der Waals surface area contributed by atoms with E-state index in [0.29, 0.717) is 0 Å². The molecule has 0 aromatic carbocycles. The lowest BCUT2D eigenvalue weighted by molar-refractivity contribution is 0.0688. The fourth-order valence-electron chi connectivity index (χ4n) is 1.98. The van der Waals surface area contributed by atoms with E-state index in [0.717, 1.165) is 4.68 Å². The van der Waals surface area contributed by atoms with Crippen LogP contribution in [0.15, 0.2) is 11.1 Å². The van der Waals surface area contributed by atoms with E-state index in [1.165, 1.54) is 27.3 Å². The van der Waals surface area contributed by atoms with Crippen LogP contribution in [0, 0.1) is 0 Å². The molecule has 26 heavy (non-hydrogen) atoms. The third-order valence-corrected chi connectivity index (χ3v) is 3.86. The fourth-order valence-corrected chi connectivity index (χ4v) is 2.69. The number of sulfonamides is 1. The van der Waals surface area contributed by atoms with Crippen molar-refractivity contribution >= 4 is 27.8 Å². The van der Waals surface area contributed by atoms with Gasteiger partial charge in [-0.1, -0.05) is 0 Å². The van der Waals surface area contributed by atoms with Crippen molar-refractivity contribution in [1.82, 2.24) is 19.7 Å². The first-order chi connectivity index (χ1) is 12.1. The summed E-state index contributed by atoms with van der Waals surface area (Å²) in [6.45, 7) is 0. The summed E-state index contributed by atoms with van der Waals surface area (Å²) in [6, 6.07) is 1.35. The molecular formula is C12H14N6O7S. The topological polar surface area (TPSA) is 189 Å². The number of carbonyl (C=O) groups excluding carboxylic acids is 1. The third kappa shape index (κ3) is 3.70. The van der Waals surface area contributed by atoms with E-state index < -0.39 is 38.2 Å². The molecule has 0 unspecified atom stereocenters. The highest BCUT2D eigenvalue weighted by atomic mass is 32.2. The van der Waals surface area contributed by atoms with Crippen LogP contribution in [0.1, 0.15) is 20.8 Å². The van der Waals surface area contributed by atoms with Gasteiger partial charge in [0.1, 0.15) is 11.3 Å². The Morgan fingerprint density at radius 2 is 1.77 bits per heavy atom. The van der Waals surface area contributed by atoms with Crippen LogP contribution in [0.5, 0.6) is 11.8 Å². The number of primary sulfonamides is 1. The van der Waals surface area contributed by atoms with Gasteiger partial charge in [-0.2, -0.15) is 15.1 Å². The summed E-state index contributed by atoms with van der Waals surface area (Å²) in [5, 5.41) is 19.0. The van der Waals surface area contributed by atoms with Gasteiger partial charge in [0.05, 0.1) is 20.3 Å². The number of aromatic carboxylic acids is 1. The molecule has 2 heterocycles. The number of carboxylic acid groups (broad SMARTS) is 1. The van der Waals surface area contributed by atoms with Gasteiger partial charge in [-0.25, -0.2) is 18.4 Å². The average molecular weight is 386 g/mol. The van der Waals surface area contributed by atoms with Crippen LogP contribution in [0.2, 0.25) is 0 Å². The van der Waals surface area contributed by atoms with E-state index in [9.17, 15) is 23.1 Å². The first-order valence-electron chi connectivity index (χ1n) is 6.70. The Labute approximate surface area is 146 Å². The smallest absolute Gasteiger partial charge is 0.341 e. The number of hydrogen-bond donors (Lipinski definition) is 3. The maximum absolute atomic E-state index is 12.5. The Balaban J connectivity index is 2.52. The summed E-state index contributed by atoms with van der Waals surface area (Å²) in [5.41, 5.74) is -1.44. The summed E-state index contributed by atoms with van der Waals surface area (Å²) in [5.74, 6) is -2.85. The Bertz CT molecular complexity index is 962. The second kappa shape index (κ2) is 6.93. The van der Waals surface area contributed by atoms with Crippen molar-refractivity contribution in [3.63, 3.8) is 0 Å². The van der Waals surface area contributed by atoms with Crippen LogP contribution >= 0.6 is 0 Å². The maximum atomic E-state index is 12.5. The van der Waals surface area contributed by atoms with Crippen molar-refractivity contribution in [2.75, 3.05) is 19.5 Å². The predicted octanol–water partition coefficient (Wildman–Crippen LogP) is -1.17. The predicted molar refractivity (Wildman–Crippen MR) is 84.6 cm³/mol. The second-order valence-electron chi connectivity index (χ2n) is 4.73. The molecule has 14 heteroatoms. The van der Waals surface area contributed by atoms with Gasteiger partial charge in [0.25, 0.3) is 15.9 Å². The Morgan fingerprint density at radius 1 is 1.23 bits per heavy atom. The molecule has 13 nitrogen and oxygen atoms in total. The molecular weight excluding hydrogens is 372 g/mol. The van der Waals surface area contributed by atoms with Crippen molar-refractivity contribution in [1.29, 1.82) is 0 Å². The van der Waals surface area contributed by atoms with Gasteiger partial charge in [0.15, 0.2) is 0 Å². The number of aromatic nitrogens is 4. The van der Waals surface area contributed by atoms with Crippen LogP contribution in [0.4, 0.5) is 5.95 Å². The maximum Gasteiger partial charge on any atom is 0.341 e. The highest BCUT2D eigenvalue weighted by molar-refractivity contribution is 7.89. The van der Waals surface area contributed by atoms with Crippen LogP contribution in [-0.4, -0.2) is 59.4 Å². The zero-order chi connectivity index (χ0) is 19.6. The van der Waals surface area contributed by atoms with Crippen LogP contribution < -0.4 is 19.9 Å². The van der Waals surface area contributed by atoms with Crippen LogP contribution in [-0.2, 0) is 17.1 Å². The number of carbonyl (C=O) groups is 2. The summed E-state index contributed by atoms with van der Waals surface area (Å²) in [6.07, 6.45) is 0. The summed E-state index contributed by atoms with van der Waals surface area (Å²) < 4.78 is 33.7. The van der Waals surface area contributed by atoms with E-state index in [-0.39, 0.29) is 17.7 Å². The molecule has 0 bridgehead atoms. The normalized spacial score (nSPS) is 11.1. The summed E-state index contributed by atoms with van der Waals surface area (Å²) in [4.78, 5) is 31.6. The monoisotopic (exact) mass is 386 g/mol. The first kappa shape index (κ1) is 19.1. The van der Waals surface area contributed by atoms with Crippen molar-refractivity contribution < 1.29 is 32.6 Å². The number of nitrogens with two attached hydrogens (primary N) is 1. The highest BCUT2D eigenvalue weighted by Gasteiger charge is 2.32. The van der Waals surface area contributed by atoms with Crippen molar-refractivity contribution in [2.24, 2.45) is 12.2 Å². The van der Waals surface area contributed by atoms with Gasteiger partial charge in [0, 0.05) is 7.05 Å². The quantitative estimate of drug-likeness (QED) is 0.545. The zero-order valence-corrected chi connectivity index (χ0v) is 14.6. The van der Waals surface area contributed by atoms with E-state index in [1.54, 1.807) is 0 Å². The van der Waals surface area contributed by atoms with Gasteiger partial charge >= 0.3 is 5.97 Å². The molecule has 0 saturated carbocycles. The molecule has 0 atom stereocenters. The zero-order valence-electron chi connectivity index (χ0n) is 13.7. The van der Waals surface area contributed by atoms with E-state index in [2.05, 4.69) is 20.4 Å². The average Bonchev–Trinajstić information content (AvgIpc) is 2.92. The number of nitrogens with zero attached hydrogens (tertiary/aromatic N) is 4. The second-order valence-corrected chi connectivity index (χ2v) is 6.21. The molecule has 0 aliphatic heterocycles. The molecule has 0 fully saturated rings. The highest BCUT2D eigenvalue weighted by Crippen LogP contribution is 2.21. The Kier molecular flexibility index (Phi) is 5.08. The van der Waals surface area contributed by atoms with Crippen LogP contribution in [0.3, 0.4) is 0 Å². The van der Waals surface area contributed by atoms with Gasteiger partial charge in [-0.05, 0) is 0 Å². The lowest BCUT2D eigenvalue weighted by Crippen LogP contribution is -2.22. The molecule has 0 saturated heterocycles. The molecule has 4 N–H and O–H groups in total. The number of rotatable bonds is 6. The van der Waals surface area contributed by atoms with Gasteiger partial charge in [0.2, 0.25) is 22.7 Å². The molecule has 1 amide bonds. The molecule has 2 aromatic heterocycles. The number of nitrogens with one attached hydrogen (secondary N) is 1. The van der Waals surface area contributed by atoms with Crippen LogP contribution in [0.25, 0.3) is 0 Å². The van der Waals surface area contributed by atoms with Gasteiger partial charge < -0.3 is 14.6 Å². The number of hydrogen-bond acceptors (Lipinski definition) is 9. The van der Waals surface area contributed by atoms with Gasteiger partial charge in [-0.15, -0.1) is 0 Å². The lowest BCUT2D eigenvalue weighted by Gasteiger charge is -2.08. The Morgan fingerprint density at radius 3 is 2.19 bits per heavy atom. The number of carboxylic acids is 1. The molecule has 140 valence electrons. The molecule has 0 spiro atoms. The SMILES string of the molecule is COc1cc(OC)nc(NC(=O)c2c(C(=O)O)c(S(N)(=O)=O)nn2C)n1. The van der Waals surface area contributed by atoms with Crippen molar-refractivity contribution in [3.05, 3.63) is 17.3 Å². The molecule has 0 radical (unpaired) electrons. The summed E-state index contributed by atoms with van der Waals surface area (Å²) >= 11 is 0. The van der Waals surface area contributed by atoms with E-state index in [1.807, 2.05) is 0 Å². The van der Waals surface area contributed by atoms with Crippen molar-refractivity contribution in [2.45, 2.75) is 5.03 Å². The molecule has 2 rings (SSSR count). The number of anilines is 1.